The number of carbonyl (C=O) groups is 1. The molecule has 0 saturated carbocycles. The van der Waals surface area contributed by atoms with Crippen LogP contribution in [0.5, 0.6) is 0 Å². The molecule has 0 spiro atoms. The molecule has 0 atom stereocenters. The second kappa shape index (κ2) is 6.04. The number of rotatable bonds is 6. The number of aryl methyl sites for hydroxylation is 1. The lowest BCUT2D eigenvalue weighted by molar-refractivity contribution is -0.119. The zero-order valence-electron chi connectivity index (χ0n) is 12.8. The Morgan fingerprint density at radius 2 is 2.19 bits per heavy atom. The van der Waals surface area contributed by atoms with Gasteiger partial charge in [0.25, 0.3) is 0 Å². The number of anilines is 1. The molecule has 0 fully saturated rings. The molecule has 1 amide bonds. The first-order valence-electron chi connectivity index (χ1n) is 6.81. The summed E-state index contributed by atoms with van der Waals surface area (Å²) in [5, 5.41) is 8.12. The van der Waals surface area contributed by atoms with Gasteiger partial charge in [-0.15, -0.1) is 0 Å². The average Bonchev–Trinajstić information content (AvgIpc) is 2.78. The Bertz CT molecular complexity index is 649. The molecule has 114 valence electrons. The molecule has 0 aliphatic carbocycles. The monoisotopic (exact) mass is 291 g/mol. The van der Waals surface area contributed by atoms with Crippen molar-refractivity contribution in [3.63, 3.8) is 0 Å². The minimum Gasteiger partial charge on any atom is -0.372 e. The predicted molar refractivity (Wildman–Crippen MR) is 80.6 cm³/mol. The number of nitrogens with two attached hydrogens (primary N) is 1. The van der Waals surface area contributed by atoms with E-state index in [-0.39, 0.29) is 18.5 Å². The van der Waals surface area contributed by atoms with Crippen LogP contribution in [0.2, 0.25) is 0 Å². The van der Waals surface area contributed by atoms with E-state index in [4.69, 9.17) is 5.73 Å². The normalized spacial score (nSPS) is 11.5. The van der Waals surface area contributed by atoms with Gasteiger partial charge in [0.1, 0.15) is 11.6 Å². The van der Waals surface area contributed by atoms with Crippen LogP contribution >= 0.6 is 0 Å². The number of hydrogen-bond donors (Lipinski definition) is 2. The number of carbonyl (C=O) groups excluding carboxylic acids is 1. The van der Waals surface area contributed by atoms with Gasteiger partial charge in [0.15, 0.2) is 5.65 Å². The van der Waals surface area contributed by atoms with Gasteiger partial charge in [-0.05, 0) is 13.8 Å². The lowest BCUT2D eigenvalue weighted by Crippen LogP contribution is -2.38. The van der Waals surface area contributed by atoms with E-state index >= 15 is 0 Å². The highest BCUT2D eigenvalue weighted by Gasteiger charge is 2.17. The molecule has 8 nitrogen and oxygen atoms in total. The van der Waals surface area contributed by atoms with E-state index in [1.165, 1.54) is 0 Å². The summed E-state index contributed by atoms with van der Waals surface area (Å²) in [6.07, 6.45) is 1.73. The van der Waals surface area contributed by atoms with E-state index in [9.17, 15) is 4.79 Å². The van der Waals surface area contributed by atoms with Crippen LogP contribution < -0.4 is 11.1 Å². The molecule has 0 radical (unpaired) electrons. The van der Waals surface area contributed by atoms with Crippen molar-refractivity contribution in [3.8, 4) is 0 Å². The van der Waals surface area contributed by atoms with Gasteiger partial charge in [-0.3, -0.25) is 14.4 Å². The maximum absolute atomic E-state index is 11.2. The van der Waals surface area contributed by atoms with Crippen molar-refractivity contribution >= 4 is 22.8 Å². The molecule has 0 aromatic carbocycles. The molecule has 2 heterocycles. The number of hydrogen-bond acceptors (Lipinski definition) is 6. The van der Waals surface area contributed by atoms with E-state index in [1.807, 2.05) is 32.8 Å². The van der Waals surface area contributed by atoms with Crippen LogP contribution in [-0.4, -0.2) is 50.2 Å². The minimum absolute atomic E-state index is 0.168. The van der Waals surface area contributed by atoms with Gasteiger partial charge in [-0.25, -0.2) is 9.97 Å². The smallest absolute Gasteiger partial charge is 0.231 e. The molecule has 0 saturated heterocycles. The first kappa shape index (κ1) is 15.2. The van der Waals surface area contributed by atoms with Crippen LogP contribution in [0.15, 0.2) is 6.20 Å². The fourth-order valence-corrected chi connectivity index (χ4v) is 2.13. The number of nitrogens with zero attached hydrogens (tertiary/aromatic N) is 5. The van der Waals surface area contributed by atoms with E-state index in [0.717, 1.165) is 16.9 Å². The Labute approximate surface area is 123 Å². The van der Waals surface area contributed by atoms with Gasteiger partial charge >= 0.3 is 0 Å². The molecule has 2 aromatic heterocycles. The second-order valence-electron chi connectivity index (χ2n) is 5.21. The number of amides is 1. The molecule has 0 bridgehead atoms. The first-order chi connectivity index (χ1) is 9.92. The molecule has 0 aliphatic heterocycles. The second-order valence-corrected chi connectivity index (χ2v) is 5.21. The van der Waals surface area contributed by atoms with Crippen LogP contribution in [-0.2, 0) is 18.4 Å². The highest BCUT2D eigenvalue weighted by Crippen LogP contribution is 2.19. The molecular formula is C13H21N7O. The van der Waals surface area contributed by atoms with Crippen molar-refractivity contribution in [1.82, 2.24) is 24.6 Å². The van der Waals surface area contributed by atoms with Crippen molar-refractivity contribution in [2.45, 2.75) is 26.4 Å². The fourth-order valence-electron chi connectivity index (χ4n) is 2.13. The summed E-state index contributed by atoms with van der Waals surface area (Å²) in [5.74, 6) is 0.996. The first-order valence-corrected chi connectivity index (χ1v) is 6.81. The van der Waals surface area contributed by atoms with Crippen LogP contribution in [0.1, 0.15) is 19.7 Å². The van der Waals surface area contributed by atoms with Gasteiger partial charge in [0.05, 0.1) is 24.7 Å². The Hall–Kier alpha value is -2.22. The summed E-state index contributed by atoms with van der Waals surface area (Å²) in [5.41, 5.74) is 6.05. The summed E-state index contributed by atoms with van der Waals surface area (Å²) >= 11 is 0. The Morgan fingerprint density at radius 3 is 2.76 bits per heavy atom. The summed E-state index contributed by atoms with van der Waals surface area (Å²) in [4.78, 5) is 22.1. The van der Waals surface area contributed by atoms with Crippen molar-refractivity contribution in [1.29, 1.82) is 0 Å². The fraction of sp³-hybridized carbons (Fsp3) is 0.538. The number of aromatic nitrogens is 4. The summed E-state index contributed by atoms with van der Waals surface area (Å²) in [6.45, 7) is 4.64. The van der Waals surface area contributed by atoms with Crippen LogP contribution in [0.25, 0.3) is 11.0 Å². The number of primary amides is 1. The van der Waals surface area contributed by atoms with Crippen LogP contribution in [0.3, 0.4) is 0 Å². The molecule has 21 heavy (non-hydrogen) atoms. The molecule has 0 aliphatic rings. The van der Waals surface area contributed by atoms with Crippen LogP contribution in [0, 0.1) is 0 Å². The maximum atomic E-state index is 11.2. The largest absolute Gasteiger partial charge is 0.372 e. The van der Waals surface area contributed by atoms with Crippen molar-refractivity contribution in [2.24, 2.45) is 12.8 Å². The Kier molecular flexibility index (Phi) is 4.37. The lowest BCUT2D eigenvalue weighted by atomic mass is 10.3. The lowest BCUT2D eigenvalue weighted by Gasteiger charge is -2.24. The molecule has 2 rings (SSSR count). The van der Waals surface area contributed by atoms with E-state index in [2.05, 4.69) is 20.4 Å². The van der Waals surface area contributed by atoms with E-state index < -0.39 is 0 Å². The maximum Gasteiger partial charge on any atom is 0.231 e. The third kappa shape index (κ3) is 3.27. The zero-order chi connectivity index (χ0) is 15.6. The van der Waals surface area contributed by atoms with Gasteiger partial charge in [0.2, 0.25) is 5.91 Å². The quantitative estimate of drug-likeness (QED) is 0.782. The SMILES string of the molecule is CNc1nc(CN(CC(N)=O)C(C)C)nc2c1cnn2C. The third-order valence-electron chi connectivity index (χ3n) is 3.31. The number of fused-ring (bicyclic) bond motifs is 1. The van der Waals surface area contributed by atoms with Gasteiger partial charge in [0, 0.05) is 20.1 Å². The van der Waals surface area contributed by atoms with Crippen molar-refractivity contribution in [2.75, 3.05) is 18.9 Å². The van der Waals surface area contributed by atoms with Crippen molar-refractivity contribution in [3.05, 3.63) is 12.0 Å². The molecule has 3 N–H and O–H groups in total. The topological polar surface area (TPSA) is 102 Å². The Balaban J connectivity index is 2.36. The standard InChI is InChI=1S/C13H21N7O/c1-8(2)20(6-10(14)21)7-11-17-12(15-3)9-5-16-19(4)13(9)18-11/h5,8H,6-7H2,1-4H3,(H2,14,21)(H,15,17,18). The van der Waals surface area contributed by atoms with Crippen molar-refractivity contribution < 1.29 is 4.79 Å². The molecule has 0 unspecified atom stereocenters. The molecule has 2 aromatic rings. The summed E-state index contributed by atoms with van der Waals surface area (Å²) in [7, 11) is 3.64. The predicted octanol–water partition coefficient (Wildman–Crippen LogP) is 0.101. The number of nitrogens with one attached hydrogen (secondary N) is 1. The minimum atomic E-state index is -0.362. The highest BCUT2D eigenvalue weighted by atomic mass is 16.1. The van der Waals surface area contributed by atoms with E-state index in [1.54, 1.807) is 10.9 Å². The third-order valence-corrected chi connectivity index (χ3v) is 3.31. The van der Waals surface area contributed by atoms with Gasteiger partial charge in [-0.1, -0.05) is 0 Å². The van der Waals surface area contributed by atoms with Crippen LogP contribution in [0.4, 0.5) is 5.82 Å². The van der Waals surface area contributed by atoms with E-state index in [0.29, 0.717) is 12.4 Å². The Morgan fingerprint density at radius 1 is 1.48 bits per heavy atom. The summed E-state index contributed by atoms with van der Waals surface area (Å²) < 4.78 is 1.70. The molecule has 8 heteroatoms. The summed E-state index contributed by atoms with van der Waals surface area (Å²) in [6, 6.07) is 0.168. The highest BCUT2D eigenvalue weighted by molar-refractivity contribution is 5.86. The molecular weight excluding hydrogens is 270 g/mol. The zero-order valence-corrected chi connectivity index (χ0v) is 12.8. The van der Waals surface area contributed by atoms with Gasteiger partial charge < -0.3 is 11.1 Å². The van der Waals surface area contributed by atoms with Gasteiger partial charge in [-0.2, -0.15) is 5.10 Å². The average molecular weight is 291 g/mol.